The summed E-state index contributed by atoms with van der Waals surface area (Å²) in [5, 5.41) is 1.15. The molecule has 0 radical (unpaired) electrons. The number of Topliss-reactive ketones (excluding diaryl/α,β-unsaturated/α-hetero) is 1. The van der Waals surface area contributed by atoms with Crippen LogP contribution in [0.25, 0.3) is 10.9 Å². The van der Waals surface area contributed by atoms with E-state index in [0.29, 0.717) is 28.2 Å². The third-order valence-electron chi connectivity index (χ3n) is 4.74. The summed E-state index contributed by atoms with van der Waals surface area (Å²) in [6.07, 6.45) is 1.95. The van der Waals surface area contributed by atoms with E-state index in [0.717, 1.165) is 23.9 Å². The molecule has 0 aliphatic carbocycles. The van der Waals surface area contributed by atoms with E-state index < -0.39 is 0 Å². The average Bonchev–Trinajstić information content (AvgIpc) is 3.22. The molecule has 0 N–H and O–H groups in total. The van der Waals surface area contributed by atoms with Crippen LogP contribution >= 0.6 is 27.7 Å². The first kappa shape index (κ1) is 19.4. The van der Waals surface area contributed by atoms with E-state index in [1.807, 2.05) is 30.3 Å². The van der Waals surface area contributed by atoms with Gasteiger partial charge in [-0.15, -0.1) is 0 Å². The summed E-state index contributed by atoms with van der Waals surface area (Å²) in [6, 6.07) is 14.6. The van der Waals surface area contributed by atoms with E-state index in [-0.39, 0.29) is 23.2 Å². The van der Waals surface area contributed by atoms with Crippen molar-refractivity contribution in [3.63, 3.8) is 0 Å². The molecule has 2 heterocycles. The van der Waals surface area contributed by atoms with Crippen LogP contribution in [0.2, 0.25) is 0 Å². The number of fused-ring (bicyclic) bond motifs is 1. The fourth-order valence-corrected chi connectivity index (χ4v) is 4.43. The monoisotopic (exact) mass is 458 g/mol. The number of thioether (sulfide) groups is 1. The molecule has 0 amide bonds. The predicted octanol–water partition coefficient (Wildman–Crippen LogP) is 4.31. The summed E-state index contributed by atoms with van der Waals surface area (Å²) in [5.41, 5.74) is 1.21. The maximum Gasteiger partial charge on any atom is 0.262 e. The number of para-hydroxylation sites is 1. The first-order valence-electron chi connectivity index (χ1n) is 9.14. The van der Waals surface area contributed by atoms with Crippen LogP contribution in [0.1, 0.15) is 23.2 Å². The van der Waals surface area contributed by atoms with E-state index in [1.54, 1.807) is 22.8 Å². The highest BCUT2D eigenvalue weighted by Crippen LogP contribution is 2.22. The van der Waals surface area contributed by atoms with Crippen molar-refractivity contribution in [3.05, 3.63) is 68.9 Å². The SMILES string of the molecule is O=C(CSc1nc2ccccc2c(=O)n1C[C@@H]1CCCO1)c1ccc(Br)cc1. The van der Waals surface area contributed by atoms with Gasteiger partial charge in [0.05, 0.1) is 29.3 Å². The van der Waals surface area contributed by atoms with Crippen LogP contribution in [-0.4, -0.2) is 33.8 Å². The Bertz CT molecular complexity index is 1060. The normalized spacial score (nSPS) is 16.5. The zero-order valence-electron chi connectivity index (χ0n) is 15.1. The van der Waals surface area contributed by atoms with Crippen LogP contribution in [0.15, 0.2) is 63.0 Å². The van der Waals surface area contributed by atoms with Crippen LogP contribution in [-0.2, 0) is 11.3 Å². The second-order valence-corrected chi connectivity index (χ2v) is 8.54. The largest absolute Gasteiger partial charge is 0.376 e. The first-order valence-corrected chi connectivity index (χ1v) is 10.9. The summed E-state index contributed by atoms with van der Waals surface area (Å²) in [6.45, 7) is 1.19. The van der Waals surface area contributed by atoms with Gasteiger partial charge in [-0.1, -0.05) is 52.0 Å². The van der Waals surface area contributed by atoms with E-state index in [1.165, 1.54) is 11.8 Å². The highest BCUT2D eigenvalue weighted by molar-refractivity contribution is 9.10. The molecular weight excluding hydrogens is 440 g/mol. The van der Waals surface area contributed by atoms with Gasteiger partial charge in [0.1, 0.15) is 0 Å². The molecule has 144 valence electrons. The zero-order chi connectivity index (χ0) is 19.5. The predicted molar refractivity (Wildman–Crippen MR) is 114 cm³/mol. The molecule has 1 saturated heterocycles. The minimum absolute atomic E-state index is 0.00331. The second kappa shape index (κ2) is 8.59. The highest BCUT2D eigenvalue weighted by atomic mass is 79.9. The number of aromatic nitrogens is 2. The number of nitrogens with zero attached hydrogens (tertiary/aromatic N) is 2. The van der Waals surface area contributed by atoms with Crippen molar-refractivity contribution in [2.24, 2.45) is 0 Å². The quantitative estimate of drug-likeness (QED) is 0.312. The van der Waals surface area contributed by atoms with Gasteiger partial charge in [0.25, 0.3) is 5.56 Å². The molecule has 2 aromatic carbocycles. The molecule has 1 aliphatic heterocycles. The summed E-state index contributed by atoms with van der Waals surface area (Å²) in [7, 11) is 0. The maximum absolute atomic E-state index is 13.1. The van der Waals surface area contributed by atoms with Crippen molar-refractivity contribution in [2.75, 3.05) is 12.4 Å². The van der Waals surface area contributed by atoms with Gasteiger partial charge >= 0.3 is 0 Å². The molecule has 1 atom stereocenters. The maximum atomic E-state index is 13.1. The van der Waals surface area contributed by atoms with Crippen molar-refractivity contribution in [3.8, 4) is 0 Å². The topological polar surface area (TPSA) is 61.2 Å². The number of rotatable bonds is 6. The van der Waals surface area contributed by atoms with Gasteiger partial charge < -0.3 is 4.74 Å². The van der Waals surface area contributed by atoms with Crippen molar-refractivity contribution in [1.82, 2.24) is 9.55 Å². The van der Waals surface area contributed by atoms with Gasteiger partial charge in [0.2, 0.25) is 0 Å². The number of carbonyl (C=O) groups is 1. The molecule has 1 fully saturated rings. The minimum atomic E-state index is -0.0836. The van der Waals surface area contributed by atoms with Crippen LogP contribution in [0.3, 0.4) is 0 Å². The van der Waals surface area contributed by atoms with Gasteiger partial charge in [-0.3, -0.25) is 14.2 Å². The lowest BCUT2D eigenvalue weighted by molar-refractivity contribution is 0.0937. The summed E-state index contributed by atoms with van der Waals surface area (Å²) >= 11 is 4.68. The molecule has 4 rings (SSSR count). The Kier molecular flexibility index (Phi) is 5.94. The number of carbonyl (C=O) groups excluding carboxylic acids is 1. The molecule has 0 saturated carbocycles. The third kappa shape index (κ3) is 4.21. The molecule has 3 aromatic rings. The standard InChI is InChI=1S/C21H19BrN2O3S/c22-15-9-7-14(8-10-15)19(25)13-28-21-23-18-6-2-1-5-17(18)20(26)24(21)12-16-4-3-11-27-16/h1-2,5-10,16H,3-4,11-13H2/t16-/m0/s1. The van der Waals surface area contributed by atoms with E-state index in [2.05, 4.69) is 20.9 Å². The lowest BCUT2D eigenvalue weighted by Gasteiger charge is -2.16. The average molecular weight is 459 g/mol. The van der Waals surface area contributed by atoms with Crippen molar-refractivity contribution < 1.29 is 9.53 Å². The Morgan fingerprint density at radius 3 is 2.75 bits per heavy atom. The molecule has 0 spiro atoms. The highest BCUT2D eigenvalue weighted by Gasteiger charge is 2.20. The lowest BCUT2D eigenvalue weighted by Crippen LogP contribution is -2.29. The fourth-order valence-electron chi connectivity index (χ4n) is 3.26. The number of hydrogen-bond acceptors (Lipinski definition) is 5. The Balaban J connectivity index is 1.63. The van der Waals surface area contributed by atoms with Gasteiger partial charge in [0.15, 0.2) is 10.9 Å². The molecular formula is C21H19BrN2O3S. The number of hydrogen-bond donors (Lipinski definition) is 0. The lowest BCUT2D eigenvalue weighted by atomic mass is 10.2. The first-order chi connectivity index (χ1) is 13.6. The molecule has 1 aliphatic rings. The van der Waals surface area contributed by atoms with Gasteiger partial charge in [-0.05, 0) is 37.1 Å². The Hall–Kier alpha value is -1.96. The van der Waals surface area contributed by atoms with E-state index in [9.17, 15) is 9.59 Å². The molecule has 0 unspecified atom stereocenters. The van der Waals surface area contributed by atoms with Crippen molar-refractivity contribution in [1.29, 1.82) is 0 Å². The Morgan fingerprint density at radius 2 is 2.00 bits per heavy atom. The Morgan fingerprint density at radius 1 is 1.21 bits per heavy atom. The van der Waals surface area contributed by atoms with E-state index >= 15 is 0 Å². The molecule has 7 heteroatoms. The number of ketones is 1. The summed E-state index contributed by atoms with van der Waals surface area (Å²) in [5.74, 6) is 0.223. The molecule has 0 bridgehead atoms. The van der Waals surface area contributed by atoms with Crippen molar-refractivity contribution >= 4 is 44.4 Å². The van der Waals surface area contributed by atoms with Crippen LogP contribution < -0.4 is 5.56 Å². The summed E-state index contributed by atoms with van der Waals surface area (Å²) < 4.78 is 8.31. The van der Waals surface area contributed by atoms with Gasteiger partial charge in [-0.2, -0.15) is 0 Å². The second-order valence-electron chi connectivity index (χ2n) is 6.68. The number of ether oxygens (including phenoxy) is 1. The number of benzene rings is 2. The minimum Gasteiger partial charge on any atom is -0.376 e. The smallest absolute Gasteiger partial charge is 0.262 e. The van der Waals surface area contributed by atoms with Crippen LogP contribution in [0.4, 0.5) is 0 Å². The Labute approximate surface area is 175 Å². The molecule has 1 aromatic heterocycles. The van der Waals surface area contributed by atoms with Gasteiger partial charge in [-0.25, -0.2) is 4.98 Å². The van der Waals surface area contributed by atoms with Crippen LogP contribution in [0, 0.1) is 0 Å². The number of halogens is 1. The molecule has 28 heavy (non-hydrogen) atoms. The fraction of sp³-hybridized carbons (Fsp3) is 0.286. The summed E-state index contributed by atoms with van der Waals surface area (Å²) in [4.78, 5) is 30.3. The van der Waals surface area contributed by atoms with Crippen LogP contribution in [0.5, 0.6) is 0 Å². The third-order valence-corrected chi connectivity index (χ3v) is 6.24. The molecule has 5 nitrogen and oxygen atoms in total. The van der Waals surface area contributed by atoms with Crippen molar-refractivity contribution in [2.45, 2.75) is 30.6 Å². The zero-order valence-corrected chi connectivity index (χ0v) is 17.5. The van der Waals surface area contributed by atoms with Gasteiger partial charge in [0, 0.05) is 16.6 Å². The van der Waals surface area contributed by atoms with E-state index in [4.69, 9.17) is 4.74 Å².